The fourth-order valence-corrected chi connectivity index (χ4v) is 1.55. The lowest BCUT2D eigenvalue weighted by Gasteiger charge is -2.05. The lowest BCUT2D eigenvalue weighted by atomic mass is 10.1. The van der Waals surface area contributed by atoms with Crippen LogP contribution < -0.4 is 5.73 Å². The van der Waals surface area contributed by atoms with Crippen LogP contribution in [0.1, 0.15) is 11.3 Å². The van der Waals surface area contributed by atoms with E-state index >= 15 is 0 Å². The third-order valence-electron chi connectivity index (χ3n) is 2.19. The zero-order chi connectivity index (χ0) is 11.0. The Hall–Kier alpha value is -1.97. The largest absolute Gasteiger partial charge is 0.384 e. The molecule has 3 N–H and O–H groups in total. The molecule has 15 heavy (non-hydrogen) atoms. The molecule has 1 aromatic heterocycles. The molecule has 4 heteroatoms. The van der Waals surface area contributed by atoms with Gasteiger partial charge in [-0.15, -0.1) is 0 Å². The molecule has 0 fully saturated rings. The van der Waals surface area contributed by atoms with Gasteiger partial charge in [0, 0.05) is 16.6 Å². The molecule has 0 unspecified atom stereocenters. The molecule has 1 heterocycles. The minimum absolute atomic E-state index is 0.0731. The summed E-state index contributed by atoms with van der Waals surface area (Å²) in [6.07, 6.45) is 0. The molecule has 0 amide bonds. The number of hydrogen-bond acceptors (Lipinski definition) is 2. The molecule has 76 valence electrons. The molecule has 2 aromatic rings. The van der Waals surface area contributed by atoms with Crippen LogP contribution in [0.3, 0.4) is 0 Å². The number of nitrogens with one attached hydrogen (secondary N) is 1. The Kier molecular flexibility index (Phi) is 2.11. The van der Waals surface area contributed by atoms with E-state index in [1.165, 1.54) is 12.1 Å². The third kappa shape index (κ3) is 1.66. The number of fused-ring (bicyclic) bond motifs is 1. The number of benzene rings is 1. The van der Waals surface area contributed by atoms with Crippen molar-refractivity contribution in [1.82, 2.24) is 4.98 Å². The maximum atomic E-state index is 13.0. The van der Waals surface area contributed by atoms with Crippen molar-refractivity contribution < 1.29 is 4.39 Å². The van der Waals surface area contributed by atoms with Gasteiger partial charge in [-0.2, -0.15) is 0 Å². The highest BCUT2D eigenvalue weighted by molar-refractivity contribution is 6.06. The molecule has 2 rings (SSSR count). The van der Waals surface area contributed by atoms with Crippen molar-refractivity contribution in [3.63, 3.8) is 0 Å². The van der Waals surface area contributed by atoms with Crippen molar-refractivity contribution in [2.75, 3.05) is 0 Å². The Balaban J connectivity index is 2.87. The van der Waals surface area contributed by atoms with Crippen molar-refractivity contribution in [3.8, 4) is 0 Å². The number of pyridine rings is 1. The van der Waals surface area contributed by atoms with Crippen LogP contribution in [-0.4, -0.2) is 10.8 Å². The number of nitrogens with two attached hydrogens (primary N) is 1. The predicted octanol–water partition coefficient (Wildman–Crippen LogP) is 1.97. The van der Waals surface area contributed by atoms with Gasteiger partial charge in [-0.25, -0.2) is 4.39 Å². The Bertz CT molecular complexity index is 549. The summed E-state index contributed by atoms with van der Waals surface area (Å²) in [5, 5.41) is 7.99. The van der Waals surface area contributed by atoms with Gasteiger partial charge in [0.05, 0.1) is 5.52 Å². The lowest BCUT2D eigenvalue weighted by molar-refractivity contribution is 0.629. The van der Waals surface area contributed by atoms with Crippen LogP contribution in [-0.2, 0) is 0 Å². The number of hydrogen-bond donors (Lipinski definition) is 2. The summed E-state index contributed by atoms with van der Waals surface area (Å²) in [5.74, 6) is -0.424. The highest BCUT2D eigenvalue weighted by atomic mass is 19.1. The fraction of sp³-hybridized carbons (Fsp3) is 0.0909. The highest BCUT2D eigenvalue weighted by Gasteiger charge is 2.07. The molecule has 0 aliphatic heterocycles. The van der Waals surface area contributed by atoms with Gasteiger partial charge in [-0.1, -0.05) is 0 Å². The second kappa shape index (κ2) is 3.31. The van der Waals surface area contributed by atoms with E-state index in [4.69, 9.17) is 11.1 Å². The molecule has 0 aliphatic rings. The molecule has 1 aromatic carbocycles. The van der Waals surface area contributed by atoms with Gasteiger partial charge in [-0.3, -0.25) is 10.4 Å². The Morgan fingerprint density at radius 3 is 2.80 bits per heavy atom. The molecule has 0 saturated carbocycles. The first-order valence-corrected chi connectivity index (χ1v) is 4.49. The van der Waals surface area contributed by atoms with Gasteiger partial charge >= 0.3 is 0 Å². The maximum Gasteiger partial charge on any atom is 0.123 e. The fourth-order valence-electron chi connectivity index (χ4n) is 1.55. The smallest absolute Gasteiger partial charge is 0.123 e. The first-order valence-electron chi connectivity index (χ1n) is 4.49. The summed E-state index contributed by atoms with van der Waals surface area (Å²) in [5.41, 5.74) is 7.37. The molecule has 0 radical (unpaired) electrons. The number of amidine groups is 1. The zero-order valence-corrected chi connectivity index (χ0v) is 8.21. The van der Waals surface area contributed by atoms with E-state index in [-0.39, 0.29) is 11.7 Å². The number of halogens is 1. The van der Waals surface area contributed by atoms with E-state index in [1.54, 1.807) is 12.1 Å². The van der Waals surface area contributed by atoms with Crippen LogP contribution in [0, 0.1) is 18.2 Å². The van der Waals surface area contributed by atoms with E-state index in [2.05, 4.69) is 4.98 Å². The van der Waals surface area contributed by atoms with Crippen LogP contribution in [0.15, 0.2) is 24.3 Å². The number of aryl methyl sites for hydroxylation is 1. The molecule has 3 nitrogen and oxygen atoms in total. The van der Waals surface area contributed by atoms with Crippen LogP contribution in [0.2, 0.25) is 0 Å². The molecule has 0 bridgehead atoms. The molecular formula is C11H10FN3. The number of nitrogens with zero attached hydrogens (tertiary/aromatic N) is 1. The molecule has 0 atom stereocenters. The molecular weight excluding hydrogens is 193 g/mol. The Morgan fingerprint density at radius 2 is 2.13 bits per heavy atom. The van der Waals surface area contributed by atoms with E-state index in [0.717, 1.165) is 5.69 Å². The Labute approximate surface area is 86.3 Å². The standard InChI is InChI=1S/C11H10FN3/c1-6-4-9(11(13)14)8-5-7(12)2-3-10(8)15-6/h2-5H,1H3,(H3,13,14). The summed E-state index contributed by atoms with van der Waals surface area (Å²) in [4.78, 5) is 4.24. The third-order valence-corrected chi connectivity index (χ3v) is 2.19. The normalized spacial score (nSPS) is 10.5. The van der Waals surface area contributed by atoms with E-state index < -0.39 is 0 Å². The van der Waals surface area contributed by atoms with Gasteiger partial charge in [-0.05, 0) is 31.2 Å². The van der Waals surface area contributed by atoms with Crippen molar-refractivity contribution in [2.24, 2.45) is 5.73 Å². The van der Waals surface area contributed by atoms with Gasteiger partial charge < -0.3 is 5.73 Å². The molecule has 0 saturated heterocycles. The van der Waals surface area contributed by atoms with Gasteiger partial charge in [0.15, 0.2) is 0 Å². The van der Waals surface area contributed by atoms with E-state index in [1.807, 2.05) is 6.92 Å². The second-order valence-electron chi connectivity index (χ2n) is 3.39. The quantitative estimate of drug-likeness (QED) is 0.549. The predicted molar refractivity (Wildman–Crippen MR) is 57.5 cm³/mol. The summed E-state index contributed by atoms with van der Waals surface area (Å²) in [7, 11) is 0. The first-order chi connectivity index (χ1) is 7.08. The molecule has 0 aliphatic carbocycles. The average molecular weight is 203 g/mol. The second-order valence-corrected chi connectivity index (χ2v) is 3.39. The van der Waals surface area contributed by atoms with Crippen molar-refractivity contribution in [2.45, 2.75) is 6.92 Å². The van der Waals surface area contributed by atoms with Crippen molar-refractivity contribution in [3.05, 3.63) is 41.3 Å². The van der Waals surface area contributed by atoms with Crippen LogP contribution in [0.4, 0.5) is 4.39 Å². The monoisotopic (exact) mass is 203 g/mol. The average Bonchev–Trinajstić information content (AvgIpc) is 2.17. The van der Waals surface area contributed by atoms with Gasteiger partial charge in [0.2, 0.25) is 0 Å². The molecule has 0 spiro atoms. The number of nitrogen functional groups attached to an aromatic ring is 1. The summed E-state index contributed by atoms with van der Waals surface area (Å²) >= 11 is 0. The van der Waals surface area contributed by atoms with E-state index in [9.17, 15) is 4.39 Å². The summed E-state index contributed by atoms with van der Waals surface area (Å²) in [6, 6.07) is 5.96. The minimum atomic E-state index is -0.351. The van der Waals surface area contributed by atoms with Crippen LogP contribution in [0.25, 0.3) is 10.9 Å². The topological polar surface area (TPSA) is 62.8 Å². The number of aromatic nitrogens is 1. The van der Waals surface area contributed by atoms with Crippen LogP contribution >= 0.6 is 0 Å². The maximum absolute atomic E-state index is 13.0. The van der Waals surface area contributed by atoms with Crippen LogP contribution in [0.5, 0.6) is 0 Å². The Morgan fingerprint density at radius 1 is 1.40 bits per heavy atom. The van der Waals surface area contributed by atoms with Gasteiger partial charge in [0.1, 0.15) is 11.7 Å². The van der Waals surface area contributed by atoms with Crippen molar-refractivity contribution >= 4 is 16.7 Å². The lowest BCUT2D eigenvalue weighted by Crippen LogP contribution is -2.12. The summed E-state index contributed by atoms with van der Waals surface area (Å²) < 4.78 is 13.0. The van der Waals surface area contributed by atoms with Crippen molar-refractivity contribution in [1.29, 1.82) is 5.41 Å². The van der Waals surface area contributed by atoms with E-state index in [0.29, 0.717) is 16.5 Å². The van der Waals surface area contributed by atoms with Gasteiger partial charge in [0.25, 0.3) is 0 Å². The highest BCUT2D eigenvalue weighted by Crippen LogP contribution is 2.19. The minimum Gasteiger partial charge on any atom is -0.384 e. The number of rotatable bonds is 1. The zero-order valence-electron chi connectivity index (χ0n) is 8.21. The SMILES string of the molecule is Cc1cc(C(=N)N)c2cc(F)ccc2n1. The summed E-state index contributed by atoms with van der Waals surface area (Å²) in [6.45, 7) is 1.81. The first kappa shape index (κ1) is 9.58.